The summed E-state index contributed by atoms with van der Waals surface area (Å²) in [6.45, 7) is 0. The van der Waals surface area contributed by atoms with E-state index in [0.29, 0.717) is 5.56 Å². The minimum absolute atomic E-state index is 0. The number of carbonyl (C=O) groups excluding carboxylic acids is 1. The molecule has 0 unspecified atom stereocenters. The van der Waals surface area contributed by atoms with Gasteiger partial charge in [0.05, 0.1) is 29.3 Å². The van der Waals surface area contributed by atoms with Gasteiger partial charge in [0.2, 0.25) is 0 Å². The van der Waals surface area contributed by atoms with Crippen molar-refractivity contribution in [1.82, 2.24) is 4.98 Å². The van der Waals surface area contributed by atoms with Crippen molar-refractivity contribution in [2.45, 2.75) is 0 Å². The number of rotatable bonds is 5. The quantitative estimate of drug-likeness (QED) is 0.480. The molecule has 2 N–H and O–H groups in total. The summed E-state index contributed by atoms with van der Waals surface area (Å²) in [5, 5.41) is 12.2. The van der Waals surface area contributed by atoms with Crippen LogP contribution in [0, 0.1) is 0 Å². The van der Waals surface area contributed by atoms with Gasteiger partial charge in [0.15, 0.2) is 0 Å². The first-order valence-electron chi connectivity index (χ1n) is 8.83. The van der Waals surface area contributed by atoms with Crippen molar-refractivity contribution < 1.29 is 19.1 Å². The number of hydrogen-bond acceptors (Lipinski definition) is 4. The molecule has 2 heterocycles. The first kappa shape index (κ1) is 21.5. The van der Waals surface area contributed by atoms with Crippen LogP contribution in [0.5, 0.6) is 0 Å². The summed E-state index contributed by atoms with van der Waals surface area (Å²) >= 11 is 0. The Morgan fingerprint density at radius 1 is 0.867 bits per heavy atom. The third-order valence-corrected chi connectivity index (χ3v) is 4.46. The van der Waals surface area contributed by atoms with E-state index >= 15 is 0 Å². The monoisotopic (exact) mass is 408 g/mol. The maximum absolute atomic E-state index is 12.8. The van der Waals surface area contributed by atoms with Crippen molar-refractivity contribution in [3.05, 3.63) is 96.7 Å². The molecule has 0 saturated heterocycles. The Kier molecular flexibility index (Phi) is 6.84. The van der Waals surface area contributed by atoms with Crippen LogP contribution in [-0.2, 0) is 0 Å². The predicted octanol–water partition coefficient (Wildman–Crippen LogP) is 4.31. The van der Waals surface area contributed by atoms with Gasteiger partial charge in [-0.15, -0.1) is 0 Å². The topological polar surface area (TPSA) is 92.4 Å². The predicted molar refractivity (Wildman–Crippen MR) is 116 cm³/mol. The Balaban J connectivity index is 0.00000256. The van der Waals surface area contributed by atoms with E-state index in [0.717, 1.165) is 22.3 Å². The van der Waals surface area contributed by atoms with Gasteiger partial charge in [-0.05, 0) is 35.4 Å². The van der Waals surface area contributed by atoms with Gasteiger partial charge >= 0.3 is 35.5 Å². The van der Waals surface area contributed by atoms with Gasteiger partial charge in [-0.2, -0.15) is 0 Å². The van der Waals surface area contributed by atoms with Gasteiger partial charge in [-0.1, -0.05) is 36.4 Å². The molecular weight excluding hydrogens is 391 g/mol. The van der Waals surface area contributed by atoms with E-state index in [4.69, 9.17) is 4.42 Å². The fourth-order valence-electron chi connectivity index (χ4n) is 2.99. The number of pyridine rings is 1. The first-order valence-corrected chi connectivity index (χ1v) is 8.83. The number of anilines is 1. The van der Waals surface area contributed by atoms with Crippen LogP contribution in [0.4, 0.5) is 5.69 Å². The van der Waals surface area contributed by atoms with Crippen molar-refractivity contribution in [3.63, 3.8) is 0 Å². The summed E-state index contributed by atoms with van der Waals surface area (Å²) in [4.78, 5) is 28.6. The van der Waals surface area contributed by atoms with E-state index < -0.39 is 11.9 Å². The average molecular weight is 408 g/mol. The molecule has 6 nitrogen and oxygen atoms in total. The van der Waals surface area contributed by atoms with E-state index in [9.17, 15) is 14.7 Å². The Labute approximate surface area is 194 Å². The van der Waals surface area contributed by atoms with Gasteiger partial charge in [0, 0.05) is 23.5 Å². The number of amides is 1. The number of carbonyl (C=O) groups is 2. The molecule has 0 radical (unpaired) electrons. The van der Waals surface area contributed by atoms with E-state index in [1.807, 2.05) is 30.3 Å². The molecule has 0 fully saturated rings. The van der Waals surface area contributed by atoms with Crippen LogP contribution < -0.4 is 5.32 Å². The molecule has 0 saturated carbocycles. The number of carboxylic acids is 1. The zero-order valence-electron chi connectivity index (χ0n) is 15.2. The number of furan rings is 1. The van der Waals surface area contributed by atoms with E-state index in [1.165, 1.54) is 18.5 Å². The molecule has 0 atom stereocenters. The molecule has 4 rings (SSSR count). The van der Waals surface area contributed by atoms with Gasteiger partial charge in [-0.3, -0.25) is 9.78 Å². The average Bonchev–Trinajstić information content (AvgIpc) is 3.29. The molecule has 4 aromatic rings. The number of hydrogen-bond donors (Lipinski definition) is 2. The van der Waals surface area contributed by atoms with Crippen LogP contribution in [0.1, 0.15) is 20.7 Å². The van der Waals surface area contributed by atoms with Crippen LogP contribution in [0.3, 0.4) is 0 Å². The van der Waals surface area contributed by atoms with Crippen LogP contribution in [-0.4, -0.2) is 51.5 Å². The van der Waals surface area contributed by atoms with E-state index in [1.54, 1.807) is 36.7 Å². The molecule has 0 aliphatic rings. The van der Waals surface area contributed by atoms with E-state index in [-0.39, 0.29) is 40.8 Å². The molecular formula is C23H17N2NaO4. The molecule has 144 valence electrons. The van der Waals surface area contributed by atoms with Crippen LogP contribution in [0.25, 0.3) is 22.3 Å². The number of nitrogens with one attached hydrogen (secondary N) is 1. The molecule has 2 aromatic carbocycles. The Bertz CT molecular complexity index is 1180. The summed E-state index contributed by atoms with van der Waals surface area (Å²) < 4.78 is 5.08. The van der Waals surface area contributed by atoms with Gasteiger partial charge in [0.1, 0.15) is 0 Å². The number of aromatic nitrogens is 1. The Hall–Kier alpha value is -3.19. The zero-order valence-corrected chi connectivity index (χ0v) is 15.2. The van der Waals surface area contributed by atoms with Gasteiger partial charge in [0.25, 0.3) is 5.91 Å². The number of aromatic carboxylic acids is 1. The second-order valence-corrected chi connectivity index (χ2v) is 6.36. The first-order chi connectivity index (χ1) is 14.1. The molecule has 30 heavy (non-hydrogen) atoms. The zero-order chi connectivity index (χ0) is 20.2. The van der Waals surface area contributed by atoms with Crippen molar-refractivity contribution in [2.75, 3.05) is 5.32 Å². The minimum atomic E-state index is -1.13. The molecule has 1 amide bonds. The maximum atomic E-state index is 12.8. The van der Waals surface area contributed by atoms with E-state index in [2.05, 4.69) is 10.3 Å². The normalized spacial score (nSPS) is 10.1. The van der Waals surface area contributed by atoms with Crippen LogP contribution in [0.15, 0.2) is 90.0 Å². The number of nitrogens with zero attached hydrogens (tertiary/aromatic N) is 1. The molecule has 0 aliphatic carbocycles. The van der Waals surface area contributed by atoms with Crippen molar-refractivity contribution >= 4 is 47.1 Å². The standard InChI is InChI=1S/C23H16N2O4.Na.H/c26-22(19-10-18(12-24-13-19)15-4-2-1-3-5-15)25-21-11-16(17-8-9-29-14-17)6-7-20(21)23(27)28;;/h1-14H,(H,25,26)(H,27,28);;. The van der Waals surface area contributed by atoms with Gasteiger partial charge < -0.3 is 14.8 Å². The summed E-state index contributed by atoms with van der Waals surface area (Å²) in [6.07, 6.45) is 6.20. The molecule has 7 heteroatoms. The van der Waals surface area contributed by atoms with Crippen molar-refractivity contribution in [1.29, 1.82) is 0 Å². The van der Waals surface area contributed by atoms with Crippen molar-refractivity contribution in [2.24, 2.45) is 0 Å². The second-order valence-electron chi connectivity index (χ2n) is 6.36. The fourth-order valence-corrected chi connectivity index (χ4v) is 2.99. The summed E-state index contributed by atoms with van der Waals surface area (Å²) in [5.74, 6) is -1.57. The number of carboxylic acid groups (broad SMARTS) is 1. The molecule has 0 bridgehead atoms. The summed E-state index contributed by atoms with van der Waals surface area (Å²) in [7, 11) is 0. The Morgan fingerprint density at radius 2 is 1.67 bits per heavy atom. The molecule has 0 spiro atoms. The summed E-state index contributed by atoms with van der Waals surface area (Å²) in [5.41, 5.74) is 3.77. The number of benzene rings is 2. The fraction of sp³-hybridized carbons (Fsp3) is 0. The molecule has 0 aliphatic heterocycles. The Morgan fingerprint density at radius 3 is 2.37 bits per heavy atom. The molecule has 2 aromatic heterocycles. The third kappa shape index (κ3) is 4.68. The van der Waals surface area contributed by atoms with Gasteiger partial charge in [-0.25, -0.2) is 4.79 Å². The van der Waals surface area contributed by atoms with Crippen LogP contribution >= 0.6 is 0 Å². The third-order valence-electron chi connectivity index (χ3n) is 4.46. The second kappa shape index (κ2) is 9.54. The van der Waals surface area contributed by atoms with Crippen molar-refractivity contribution in [3.8, 4) is 22.3 Å². The van der Waals surface area contributed by atoms with Crippen LogP contribution in [0.2, 0.25) is 0 Å². The SMILES string of the molecule is O=C(Nc1cc(-c2ccoc2)ccc1C(=O)O)c1cncc(-c2ccccc2)c1.[NaH]. The summed E-state index contributed by atoms with van der Waals surface area (Å²) in [6, 6.07) is 17.8.